The van der Waals surface area contributed by atoms with Crippen LogP contribution in [0.2, 0.25) is 0 Å². The molecule has 4 rings (SSSR count). The van der Waals surface area contributed by atoms with Gasteiger partial charge in [-0.05, 0) is 44.7 Å². The van der Waals surface area contributed by atoms with Crippen LogP contribution in [0.3, 0.4) is 0 Å². The molecule has 0 amide bonds. The maximum absolute atomic E-state index is 4.80. The molecule has 0 saturated heterocycles. The fourth-order valence-electron chi connectivity index (χ4n) is 4.12. The van der Waals surface area contributed by atoms with E-state index in [1.165, 1.54) is 47.8 Å². The van der Waals surface area contributed by atoms with Crippen LogP contribution in [-0.4, -0.2) is 38.3 Å². The maximum Gasteiger partial charge on any atom is 0.191 e. The highest BCUT2D eigenvalue weighted by Gasteiger charge is 2.16. The topological polar surface area (TPSA) is 82.9 Å². The number of guanidine groups is 1. The standard InChI is InChI=1S/C22H31N7/c1-15-18(19-10-6-7-11-20(19)25-15)12-13-23-22(26-17-8-4-5-9-17)24-14-21-28-27-16(2)29(21)3/h6-7,10-11,17,25H,4-5,8-9,12-14H2,1-3H3,(H2,23,24,26). The van der Waals surface area contributed by atoms with Crippen LogP contribution < -0.4 is 10.6 Å². The van der Waals surface area contributed by atoms with Crippen LogP contribution in [0.25, 0.3) is 10.9 Å². The molecule has 29 heavy (non-hydrogen) atoms. The Bertz CT molecular complexity index is 992. The zero-order chi connectivity index (χ0) is 20.2. The van der Waals surface area contributed by atoms with E-state index in [2.05, 4.69) is 57.0 Å². The molecule has 1 fully saturated rings. The predicted molar refractivity (Wildman–Crippen MR) is 117 cm³/mol. The van der Waals surface area contributed by atoms with E-state index in [-0.39, 0.29) is 0 Å². The predicted octanol–water partition coefficient (Wildman–Crippen LogP) is 3.13. The minimum atomic E-state index is 0.511. The van der Waals surface area contributed by atoms with E-state index in [9.17, 15) is 0 Å². The average Bonchev–Trinajstić information content (AvgIpc) is 3.42. The Morgan fingerprint density at radius 2 is 2.00 bits per heavy atom. The smallest absolute Gasteiger partial charge is 0.191 e. The van der Waals surface area contributed by atoms with Crippen molar-refractivity contribution in [2.75, 3.05) is 6.54 Å². The summed E-state index contributed by atoms with van der Waals surface area (Å²) in [5.74, 6) is 2.65. The van der Waals surface area contributed by atoms with Crippen molar-refractivity contribution < 1.29 is 0 Å². The van der Waals surface area contributed by atoms with Crippen molar-refractivity contribution in [1.82, 2.24) is 30.4 Å². The van der Waals surface area contributed by atoms with Gasteiger partial charge in [-0.2, -0.15) is 0 Å². The molecule has 0 radical (unpaired) electrons. The Hall–Kier alpha value is -2.83. The third-order valence-electron chi connectivity index (χ3n) is 5.95. The number of aryl methyl sites for hydroxylation is 2. The molecule has 3 aromatic rings. The minimum absolute atomic E-state index is 0.511. The minimum Gasteiger partial charge on any atom is -0.358 e. The van der Waals surface area contributed by atoms with Gasteiger partial charge in [0.2, 0.25) is 0 Å². The quantitative estimate of drug-likeness (QED) is 0.444. The Morgan fingerprint density at radius 3 is 2.76 bits per heavy atom. The lowest BCUT2D eigenvalue weighted by atomic mass is 10.1. The van der Waals surface area contributed by atoms with Crippen molar-refractivity contribution in [2.45, 2.75) is 58.5 Å². The summed E-state index contributed by atoms with van der Waals surface area (Å²) in [6.45, 7) is 5.46. The van der Waals surface area contributed by atoms with Gasteiger partial charge in [0.15, 0.2) is 11.8 Å². The third-order valence-corrected chi connectivity index (χ3v) is 5.95. The Morgan fingerprint density at radius 1 is 1.21 bits per heavy atom. The monoisotopic (exact) mass is 393 g/mol. The number of nitrogens with zero attached hydrogens (tertiary/aromatic N) is 4. The van der Waals surface area contributed by atoms with Crippen molar-refractivity contribution >= 4 is 16.9 Å². The van der Waals surface area contributed by atoms with Crippen LogP contribution in [-0.2, 0) is 20.0 Å². The van der Waals surface area contributed by atoms with Crippen LogP contribution in [0.1, 0.15) is 48.6 Å². The summed E-state index contributed by atoms with van der Waals surface area (Å²) in [6.07, 6.45) is 5.96. The Labute approximate surface area is 172 Å². The number of benzene rings is 1. The second kappa shape index (κ2) is 8.68. The number of hydrogen-bond acceptors (Lipinski definition) is 3. The van der Waals surface area contributed by atoms with E-state index < -0.39 is 0 Å². The molecule has 0 aliphatic heterocycles. The van der Waals surface area contributed by atoms with Gasteiger partial charge in [-0.25, -0.2) is 4.99 Å². The van der Waals surface area contributed by atoms with Gasteiger partial charge in [0.05, 0.1) is 0 Å². The zero-order valence-electron chi connectivity index (χ0n) is 17.6. The maximum atomic E-state index is 4.80. The number of fused-ring (bicyclic) bond motifs is 1. The van der Waals surface area contributed by atoms with Gasteiger partial charge in [0, 0.05) is 36.2 Å². The summed E-state index contributed by atoms with van der Waals surface area (Å²) in [5, 5.41) is 16.8. The molecular weight excluding hydrogens is 362 g/mol. The third kappa shape index (κ3) is 4.44. The molecule has 2 heterocycles. The lowest BCUT2D eigenvalue weighted by molar-refractivity contribution is 0.610. The van der Waals surface area contributed by atoms with Crippen molar-refractivity contribution in [3.05, 3.63) is 47.2 Å². The van der Waals surface area contributed by atoms with Crippen LogP contribution in [0, 0.1) is 13.8 Å². The number of hydrogen-bond donors (Lipinski definition) is 3. The van der Waals surface area contributed by atoms with Crippen molar-refractivity contribution in [2.24, 2.45) is 12.0 Å². The molecule has 154 valence electrons. The van der Waals surface area contributed by atoms with Gasteiger partial charge in [-0.1, -0.05) is 31.0 Å². The first-order valence-electron chi connectivity index (χ1n) is 10.6. The molecule has 2 aromatic heterocycles. The number of nitrogens with one attached hydrogen (secondary N) is 3. The molecule has 3 N–H and O–H groups in total. The van der Waals surface area contributed by atoms with Gasteiger partial charge in [-0.3, -0.25) is 0 Å². The molecule has 0 bridgehead atoms. The second-order valence-electron chi connectivity index (χ2n) is 7.96. The molecule has 7 nitrogen and oxygen atoms in total. The molecule has 1 aliphatic carbocycles. The summed E-state index contributed by atoms with van der Waals surface area (Å²) in [7, 11) is 1.98. The number of rotatable bonds is 6. The number of aromatic amines is 1. The number of aliphatic imine (C=N–C) groups is 1. The first-order valence-corrected chi connectivity index (χ1v) is 10.6. The van der Waals surface area contributed by atoms with Gasteiger partial charge in [0.25, 0.3) is 0 Å². The molecule has 0 unspecified atom stereocenters. The van der Waals surface area contributed by atoms with E-state index in [1.54, 1.807) is 0 Å². The van der Waals surface area contributed by atoms with Crippen LogP contribution in [0.4, 0.5) is 0 Å². The van der Waals surface area contributed by atoms with E-state index in [0.717, 1.165) is 30.6 Å². The van der Waals surface area contributed by atoms with Gasteiger partial charge < -0.3 is 20.2 Å². The molecule has 1 aromatic carbocycles. The van der Waals surface area contributed by atoms with Gasteiger partial charge in [-0.15, -0.1) is 10.2 Å². The summed E-state index contributed by atoms with van der Waals surface area (Å²) in [6, 6.07) is 9.01. The number of para-hydroxylation sites is 1. The van der Waals surface area contributed by atoms with E-state index in [0.29, 0.717) is 12.6 Å². The number of H-pyrrole nitrogens is 1. The van der Waals surface area contributed by atoms with E-state index >= 15 is 0 Å². The highest BCUT2D eigenvalue weighted by molar-refractivity contribution is 5.85. The lowest BCUT2D eigenvalue weighted by Gasteiger charge is -2.17. The zero-order valence-corrected chi connectivity index (χ0v) is 17.6. The van der Waals surface area contributed by atoms with Crippen molar-refractivity contribution in [3.63, 3.8) is 0 Å². The summed E-state index contributed by atoms with van der Waals surface area (Å²) < 4.78 is 1.99. The fraction of sp³-hybridized carbons (Fsp3) is 0.500. The summed E-state index contributed by atoms with van der Waals surface area (Å²) >= 11 is 0. The summed E-state index contributed by atoms with van der Waals surface area (Å²) in [5.41, 5.74) is 3.82. The van der Waals surface area contributed by atoms with Gasteiger partial charge in [0.1, 0.15) is 12.4 Å². The second-order valence-corrected chi connectivity index (χ2v) is 7.96. The Balaban J connectivity index is 1.43. The fourth-order valence-corrected chi connectivity index (χ4v) is 4.12. The molecule has 7 heteroatoms. The van der Waals surface area contributed by atoms with Crippen molar-refractivity contribution in [3.8, 4) is 0 Å². The first-order chi connectivity index (χ1) is 14.1. The highest BCUT2D eigenvalue weighted by Crippen LogP contribution is 2.22. The van der Waals surface area contributed by atoms with Crippen LogP contribution >= 0.6 is 0 Å². The Kier molecular flexibility index (Phi) is 5.83. The number of aromatic nitrogens is 4. The summed E-state index contributed by atoms with van der Waals surface area (Å²) in [4.78, 5) is 8.29. The van der Waals surface area contributed by atoms with Crippen LogP contribution in [0.15, 0.2) is 29.3 Å². The average molecular weight is 394 g/mol. The molecular formula is C22H31N7. The molecule has 0 spiro atoms. The highest BCUT2D eigenvalue weighted by atomic mass is 15.3. The van der Waals surface area contributed by atoms with Gasteiger partial charge >= 0.3 is 0 Å². The molecule has 1 aliphatic rings. The van der Waals surface area contributed by atoms with Crippen LogP contribution in [0.5, 0.6) is 0 Å². The van der Waals surface area contributed by atoms with E-state index in [4.69, 9.17) is 4.99 Å². The van der Waals surface area contributed by atoms with Crippen molar-refractivity contribution in [1.29, 1.82) is 0 Å². The molecule has 1 saturated carbocycles. The largest absolute Gasteiger partial charge is 0.358 e. The SMILES string of the molecule is Cc1[nH]c2ccccc2c1CCNC(=NCc1nnc(C)n1C)NC1CCCC1. The first kappa shape index (κ1) is 19.5. The normalized spacial score (nSPS) is 15.3. The lowest BCUT2D eigenvalue weighted by Crippen LogP contribution is -2.43. The molecule has 0 atom stereocenters. The van der Waals surface area contributed by atoms with E-state index in [1.807, 2.05) is 18.5 Å².